The maximum absolute atomic E-state index is 12.5. The van der Waals surface area contributed by atoms with Crippen molar-refractivity contribution >= 4 is 17.7 Å². The monoisotopic (exact) mass is 381 g/mol. The highest BCUT2D eigenvalue weighted by molar-refractivity contribution is 6.08. The van der Waals surface area contributed by atoms with E-state index in [2.05, 4.69) is 5.32 Å². The molecule has 6 nitrogen and oxygen atoms in total. The third-order valence-corrected chi connectivity index (χ3v) is 4.72. The Labute approximate surface area is 163 Å². The molecule has 2 atom stereocenters. The van der Waals surface area contributed by atoms with Crippen molar-refractivity contribution in [3.8, 4) is 0 Å². The van der Waals surface area contributed by atoms with E-state index in [1.165, 1.54) is 7.11 Å². The summed E-state index contributed by atoms with van der Waals surface area (Å²) in [7, 11) is 1.29. The molecule has 28 heavy (non-hydrogen) atoms. The first kappa shape index (κ1) is 19.8. The second kappa shape index (κ2) is 9.28. The van der Waals surface area contributed by atoms with Gasteiger partial charge in [0.15, 0.2) is 5.78 Å². The van der Waals surface area contributed by atoms with Gasteiger partial charge >= 0.3 is 5.97 Å². The van der Waals surface area contributed by atoms with Gasteiger partial charge in [0.1, 0.15) is 12.1 Å². The number of amides is 1. The van der Waals surface area contributed by atoms with Crippen molar-refractivity contribution in [2.45, 2.75) is 31.4 Å². The fourth-order valence-electron chi connectivity index (χ4n) is 3.17. The minimum Gasteiger partial charge on any atom is -0.467 e. The first-order valence-corrected chi connectivity index (χ1v) is 9.27. The predicted octanol–water partition coefficient (Wildman–Crippen LogP) is 2.30. The predicted molar refractivity (Wildman–Crippen MR) is 103 cm³/mol. The van der Waals surface area contributed by atoms with E-state index < -0.39 is 18.1 Å². The van der Waals surface area contributed by atoms with Gasteiger partial charge in [-0.15, -0.1) is 0 Å². The van der Waals surface area contributed by atoms with Gasteiger partial charge in [0.25, 0.3) is 0 Å². The number of hydrogen-bond donors (Lipinski definition) is 1. The van der Waals surface area contributed by atoms with E-state index in [1.54, 1.807) is 36.4 Å². The van der Waals surface area contributed by atoms with E-state index in [0.29, 0.717) is 24.2 Å². The van der Waals surface area contributed by atoms with Crippen LogP contribution in [-0.4, -0.2) is 43.5 Å². The Morgan fingerprint density at radius 1 is 1.07 bits per heavy atom. The fraction of sp³-hybridized carbons (Fsp3) is 0.318. The normalized spacial score (nSPS) is 17.0. The fourth-order valence-corrected chi connectivity index (χ4v) is 3.17. The highest BCUT2D eigenvalue weighted by Gasteiger charge is 2.29. The molecule has 0 aromatic heterocycles. The van der Waals surface area contributed by atoms with Gasteiger partial charge in [-0.3, -0.25) is 9.59 Å². The third kappa shape index (κ3) is 4.84. The van der Waals surface area contributed by atoms with Crippen LogP contribution in [0.15, 0.2) is 54.6 Å². The summed E-state index contributed by atoms with van der Waals surface area (Å²) in [6, 6.07) is 15.2. The van der Waals surface area contributed by atoms with Gasteiger partial charge in [-0.1, -0.05) is 54.6 Å². The van der Waals surface area contributed by atoms with E-state index in [9.17, 15) is 14.4 Å². The molecule has 6 heteroatoms. The molecule has 0 saturated carbocycles. The summed E-state index contributed by atoms with van der Waals surface area (Å²) in [6.45, 7) is 0.553. The number of rotatable bonds is 7. The third-order valence-electron chi connectivity index (χ3n) is 4.72. The van der Waals surface area contributed by atoms with Crippen LogP contribution in [0.2, 0.25) is 0 Å². The molecular formula is C22H23NO5. The number of ether oxygens (including phenoxy) is 2. The Hall–Kier alpha value is -2.99. The van der Waals surface area contributed by atoms with Crippen molar-refractivity contribution in [2.75, 3.05) is 13.7 Å². The minimum atomic E-state index is -0.808. The van der Waals surface area contributed by atoms with Gasteiger partial charge in [-0.05, 0) is 18.4 Å². The number of ketones is 1. The molecule has 1 aliphatic rings. The van der Waals surface area contributed by atoms with Crippen LogP contribution in [0.3, 0.4) is 0 Å². The van der Waals surface area contributed by atoms with E-state index in [1.807, 2.05) is 18.2 Å². The molecule has 1 amide bonds. The molecular weight excluding hydrogens is 358 g/mol. The van der Waals surface area contributed by atoms with Crippen LogP contribution in [0.25, 0.3) is 0 Å². The average molecular weight is 381 g/mol. The Kier molecular flexibility index (Phi) is 6.55. The van der Waals surface area contributed by atoms with Crippen LogP contribution in [0.4, 0.5) is 0 Å². The average Bonchev–Trinajstić information content (AvgIpc) is 3.28. The van der Waals surface area contributed by atoms with Gasteiger partial charge in [0, 0.05) is 24.2 Å². The molecule has 0 radical (unpaired) electrons. The molecule has 0 bridgehead atoms. The number of esters is 1. The molecule has 2 aromatic rings. The van der Waals surface area contributed by atoms with Crippen LogP contribution in [0, 0.1) is 0 Å². The van der Waals surface area contributed by atoms with Gasteiger partial charge in [0.2, 0.25) is 5.91 Å². The number of carbonyl (C=O) groups excluding carboxylic acids is 3. The van der Waals surface area contributed by atoms with E-state index >= 15 is 0 Å². The zero-order chi connectivity index (χ0) is 19.9. The summed E-state index contributed by atoms with van der Waals surface area (Å²) >= 11 is 0. The van der Waals surface area contributed by atoms with E-state index in [0.717, 1.165) is 12.0 Å². The van der Waals surface area contributed by atoms with Crippen molar-refractivity contribution in [1.29, 1.82) is 0 Å². The van der Waals surface area contributed by atoms with Crippen LogP contribution in [-0.2, 0) is 25.5 Å². The lowest BCUT2D eigenvalue weighted by Crippen LogP contribution is -2.47. The van der Waals surface area contributed by atoms with Gasteiger partial charge < -0.3 is 14.8 Å². The number of methoxy groups -OCH3 is 1. The van der Waals surface area contributed by atoms with Gasteiger partial charge in [-0.2, -0.15) is 0 Å². The van der Waals surface area contributed by atoms with E-state index in [-0.39, 0.29) is 18.1 Å². The Balaban J connectivity index is 1.67. The lowest BCUT2D eigenvalue weighted by Gasteiger charge is -2.19. The van der Waals surface area contributed by atoms with Crippen LogP contribution < -0.4 is 5.32 Å². The Morgan fingerprint density at radius 2 is 1.75 bits per heavy atom. The minimum absolute atomic E-state index is 0.0663. The summed E-state index contributed by atoms with van der Waals surface area (Å²) in [6.07, 6.45) is 1.23. The molecule has 0 aliphatic carbocycles. The second-order valence-electron chi connectivity index (χ2n) is 6.68. The lowest BCUT2D eigenvalue weighted by atomic mass is 9.99. The smallest absolute Gasteiger partial charge is 0.328 e. The molecule has 0 unspecified atom stereocenters. The zero-order valence-corrected chi connectivity index (χ0v) is 15.7. The van der Waals surface area contributed by atoms with Crippen LogP contribution in [0.5, 0.6) is 0 Å². The Morgan fingerprint density at radius 3 is 2.36 bits per heavy atom. The summed E-state index contributed by atoms with van der Waals surface area (Å²) in [5.41, 5.74) is 1.99. The molecule has 146 valence electrons. The van der Waals surface area contributed by atoms with Crippen LogP contribution in [0.1, 0.15) is 34.3 Å². The maximum Gasteiger partial charge on any atom is 0.328 e. The first-order valence-electron chi connectivity index (χ1n) is 9.27. The lowest BCUT2D eigenvalue weighted by molar-refractivity contribution is -0.146. The van der Waals surface area contributed by atoms with Gasteiger partial charge in [-0.25, -0.2) is 4.79 Å². The van der Waals surface area contributed by atoms with Crippen molar-refractivity contribution in [3.05, 3.63) is 71.3 Å². The summed E-state index contributed by atoms with van der Waals surface area (Å²) in [5.74, 6) is -0.886. The Bertz CT molecular complexity index is 826. The quantitative estimate of drug-likeness (QED) is 0.588. The number of nitrogens with one attached hydrogen (secondary N) is 1. The number of carbonyl (C=O) groups is 3. The topological polar surface area (TPSA) is 81.7 Å². The highest BCUT2D eigenvalue weighted by atomic mass is 16.5. The molecule has 1 fully saturated rings. The molecule has 0 spiro atoms. The number of hydrogen-bond acceptors (Lipinski definition) is 5. The van der Waals surface area contributed by atoms with Crippen molar-refractivity contribution in [2.24, 2.45) is 0 Å². The molecule has 1 aliphatic heterocycles. The maximum atomic E-state index is 12.5. The van der Waals surface area contributed by atoms with Gasteiger partial charge in [0.05, 0.1) is 7.11 Å². The van der Waals surface area contributed by atoms with Crippen LogP contribution >= 0.6 is 0 Å². The summed E-state index contributed by atoms with van der Waals surface area (Å²) in [5, 5.41) is 2.72. The number of benzene rings is 2. The van der Waals surface area contributed by atoms with E-state index in [4.69, 9.17) is 9.47 Å². The second-order valence-corrected chi connectivity index (χ2v) is 6.68. The molecule has 1 N–H and O–H groups in total. The largest absolute Gasteiger partial charge is 0.467 e. The van der Waals surface area contributed by atoms with Crippen molar-refractivity contribution in [3.63, 3.8) is 0 Å². The molecule has 1 saturated heterocycles. The molecule has 3 rings (SSSR count). The molecule has 2 aromatic carbocycles. The van der Waals surface area contributed by atoms with Crippen molar-refractivity contribution in [1.82, 2.24) is 5.32 Å². The SMILES string of the molecule is COC(=O)[C@H](Cc1ccc(C(=O)c2ccccc2)cc1)NC(=O)[C@H]1CCCO1. The molecule has 1 heterocycles. The summed E-state index contributed by atoms with van der Waals surface area (Å²) in [4.78, 5) is 36.9. The standard InChI is InChI=1S/C22H23NO5/c1-27-22(26)18(23-21(25)19-8-5-13-28-19)14-15-9-11-17(12-10-15)20(24)16-6-3-2-4-7-16/h2-4,6-7,9-12,18-19H,5,8,13-14H2,1H3,(H,23,25)/t18-,19+/m0/s1. The highest BCUT2D eigenvalue weighted by Crippen LogP contribution is 2.15. The first-order chi connectivity index (χ1) is 13.6. The zero-order valence-electron chi connectivity index (χ0n) is 15.7. The summed E-state index contributed by atoms with van der Waals surface area (Å²) < 4.78 is 10.2. The van der Waals surface area contributed by atoms with Crippen molar-refractivity contribution < 1.29 is 23.9 Å².